The van der Waals surface area contributed by atoms with Gasteiger partial charge in [-0.15, -0.1) is 0 Å². The molecule has 0 saturated carbocycles. The van der Waals surface area contributed by atoms with Crippen LogP contribution in [0.5, 0.6) is 0 Å². The van der Waals surface area contributed by atoms with Gasteiger partial charge in [-0.2, -0.15) is 5.26 Å². The molecule has 0 aromatic heterocycles. The quantitative estimate of drug-likeness (QED) is 0.444. The maximum absolute atomic E-state index is 12.4. The Morgan fingerprint density at radius 3 is 1.92 bits per heavy atom. The Morgan fingerprint density at radius 1 is 1.00 bits per heavy atom. The number of Topliss-reactive ketones (excluding diaryl/α,β-unsaturated/α-hetero) is 1. The van der Waals surface area contributed by atoms with Gasteiger partial charge in [-0.1, -0.05) is 60.7 Å². The van der Waals surface area contributed by atoms with E-state index in [0.717, 1.165) is 0 Å². The Balaban J connectivity index is 2.41. The largest absolute Gasteiger partial charge is 0.453 e. The number of carbonyl (C=O) groups is 2. The zero-order chi connectivity index (χ0) is 18.9. The number of aliphatic hydroxyl groups excluding tert-OH is 2. The Hall–Kier alpha value is -3.27. The van der Waals surface area contributed by atoms with Crippen molar-refractivity contribution in [1.29, 1.82) is 5.26 Å². The molecule has 0 amide bonds. The van der Waals surface area contributed by atoms with Crippen molar-refractivity contribution >= 4 is 17.3 Å². The zero-order valence-corrected chi connectivity index (χ0v) is 13.8. The average Bonchev–Trinajstić information content (AvgIpc) is 2.70. The first-order chi connectivity index (χ1) is 12.6. The van der Waals surface area contributed by atoms with Gasteiger partial charge in [0.2, 0.25) is 5.78 Å². The van der Waals surface area contributed by atoms with Crippen LogP contribution >= 0.6 is 0 Å². The van der Waals surface area contributed by atoms with Crippen molar-refractivity contribution in [3.05, 3.63) is 77.4 Å². The van der Waals surface area contributed by atoms with E-state index in [9.17, 15) is 20.0 Å². The van der Waals surface area contributed by atoms with Crippen molar-refractivity contribution < 1.29 is 24.5 Å². The third-order valence-corrected chi connectivity index (χ3v) is 3.58. The van der Waals surface area contributed by atoms with Crippen LogP contribution in [0.1, 0.15) is 11.1 Å². The lowest BCUT2D eigenvalue weighted by Crippen LogP contribution is -2.29. The number of nitriles is 1. The van der Waals surface area contributed by atoms with Crippen LogP contribution in [0.2, 0.25) is 0 Å². The van der Waals surface area contributed by atoms with Gasteiger partial charge in [0.1, 0.15) is 17.7 Å². The standard InChI is InChI=1S/C20H17NO5/c21-11-16(20(25)26-13-18(24)17(23)12-22)19(14-7-3-1-4-8-14)15-9-5-2-6-10-15/h1-10,17,22-23H,12-13H2. The fraction of sp³-hybridized carbons (Fsp3) is 0.150. The summed E-state index contributed by atoms with van der Waals surface area (Å²) in [5, 5.41) is 27.5. The summed E-state index contributed by atoms with van der Waals surface area (Å²) in [6.07, 6.45) is -1.62. The molecule has 2 aromatic carbocycles. The number of ketones is 1. The summed E-state index contributed by atoms with van der Waals surface area (Å²) in [6, 6.07) is 19.6. The number of esters is 1. The minimum absolute atomic E-state index is 0.256. The predicted octanol–water partition coefficient (Wildman–Crippen LogP) is 1.48. The fourth-order valence-electron chi connectivity index (χ4n) is 2.28. The number of ether oxygens (including phenoxy) is 1. The molecule has 0 fully saturated rings. The Kier molecular flexibility index (Phi) is 6.80. The molecule has 2 rings (SSSR count). The first-order valence-electron chi connectivity index (χ1n) is 7.82. The van der Waals surface area contributed by atoms with Crippen LogP contribution < -0.4 is 0 Å². The second-order valence-electron chi connectivity index (χ2n) is 5.33. The van der Waals surface area contributed by atoms with E-state index in [-0.39, 0.29) is 5.57 Å². The van der Waals surface area contributed by atoms with Gasteiger partial charge in [-0.05, 0) is 11.1 Å². The third-order valence-electron chi connectivity index (χ3n) is 3.58. The molecule has 132 valence electrons. The fourth-order valence-corrected chi connectivity index (χ4v) is 2.28. The summed E-state index contributed by atoms with van der Waals surface area (Å²) in [7, 11) is 0. The monoisotopic (exact) mass is 351 g/mol. The number of hydrogen-bond acceptors (Lipinski definition) is 6. The van der Waals surface area contributed by atoms with Crippen LogP contribution in [0.4, 0.5) is 0 Å². The molecule has 0 aliphatic heterocycles. The van der Waals surface area contributed by atoms with Gasteiger partial charge < -0.3 is 14.9 Å². The van der Waals surface area contributed by atoms with Gasteiger partial charge in [-0.25, -0.2) is 4.79 Å². The molecular formula is C20H17NO5. The summed E-state index contributed by atoms with van der Waals surface area (Å²) >= 11 is 0. The van der Waals surface area contributed by atoms with E-state index in [1.807, 2.05) is 18.2 Å². The predicted molar refractivity (Wildman–Crippen MR) is 93.6 cm³/mol. The molecule has 0 aliphatic rings. The minimum atomic E-state index is -1.62. The van der Waals surface area contributed by atoms with E-state index in [0.29, 0.717) is 16.7 Å². The Labute approximate surface area is 150 Å². The molecule has 2 aromatic rings. The molecule has 6 nitrogen and oxygen atoms in total. The normalized spacial score (nSPS) is 11.1. The molecule has 0 heterocycles. The van der Waals surface area contributed by atoms with Crippen LogP contribution in [0.25, 0.3) is 5.57 Å². The molecule has 1 unspecified atom stereocenters. The summed E-state index contributed by atoms with van der Waals surface area (Å²) in [5.74, 6) is -1.83. The maximum atomic E-state index is 12.4. The highest BCUT2D eigenvalue weighted by Crippen LogP contribution is 2.27. The van der Waals surface area contributed by atoms with E-state index >= 15 is 0 Å². The number of hydrogen-bond donors (Lipinski definition) is 2. The summed E-state index contributed by atoms with van der Waals surface area (Å²) in [5.41, 5.74) is 1.42. The number of rotatable bonds is 7. The van der Waals surface area contributed by atoms with Gasteiger partial charge in [0.05, 0.1) is 6.61 Å². The van der Waals surface area contributed by atoms with Crippen LogP contribution in [0.15, 0.2) is 66.2 Å². The van der Waals surface area contributed by atoms with E-state index in [1.165, 1.54) is 0 Å². The first-order valence-corrected chi connectivity index (χ1v) is 7.82. The lowest BCUT2D eigenvalue weighted by molar-refractivity contribution is -0.147. The van der Waals surface area contributed by atoms with E-state index in [1.54, 1.807) is 48.5 Å². The lowest BCUT2D eigenvalue weighted by Gasteiger charge is -2.12. The molecule has 26 heavy (non-hydrogen) atoms. The molecule has 6 heteroatoms. The highest BCUT2D eigenvalue weighted by Gasteiger charge is 2.22. The minimum Gasteiger partial charge on any atom is -0.453 e. The van der Waals surface area contributed by atoms with Crippen molar-refractivity contribution in [2.75, 3.05) is 13.2 Å². The van der Waals surface area contributed by atoms with E-state index < -0.39 is 31.1 Å². The Bertz CT molecular complexity index is 796. The summed E-state index contributed by atoms with van der Waals surface area (Å²) in [6.45, 7) is -1.50. The third kappa shape index (κ3) is 4.63. The van der Waals surface area contributed by atoms with Gasteiger partial charge in [0, 0.05) is 5.57 Å². The topological polar surface area (TPSA) is 108 Å². The van der Waals surface area contributed by atoms with Crippen molar-refractivity contribution in [1.82, 2.24) is 0 Å². The summed E-state index contributed by atoms with van der Waals surface area (Å²) < 4.78 is 4.86. The molecule has 0 radical (unpaired) electrons. The number of nitrogens with zero attached hydrogens (tertiary/aromatic N) is 1. The molecule has 1 atom stereocenters. The number of carbonyl (C=O) groups excluding carboxylic acids is 2. The molecular weight excluding hydrogens is 334 g/mol. The second-order valence-corrected chi connectivity index (χ2v) is 5.33. The lowest BCUT2D eigenvalue weighted by atomic mass is 9.93. The van der Waals surface area contributed by atoms with E-state index in [2.05, 4.69) is 0 Å². The second kappa shape index (κ2) is 9.28. The Morgan fingerprint density at radius 2 is 1.50 bits per heavy atom. The molecule has 0 saturated heterocycles. The summed E-state index contributed by atoms with van der Waals surface area (Å²) in [4.78, 5) is 23.9. The zero-order valence-electron chi connectivity index (χ0n) is 13.8. The molecule has 2 N–H and O–H groups in total. The van der Waals surface area contributed by atoms with Crippen LogP contribution in [-0.2, 0) is 14.3 Å². The van der Waals surface area contributed by atoms with Crippen molar-refractivity contribution in [3.63, 3.8) is 0 Å². The smallest absolute Gasteiger partial charge is 0.349 e. The van der Waals surface area contributed by atoms with Gasteiger partial charge >= 0.3 is 5.97 Å². The molecule has 0 spiro atoms. The maximum Gasteiger partial charge on any atom is 0.349 e. The number of benzene rings is 2. The average molecular weight is 351 g/mol. The van der Waals surface area contributed by atoms with Crippen LogP contribution in [-0.4, -0.2) is 41.3 Å². The van der Waals surface area contributed by atoms with Gasteiger partial charge in [0.25, 0.3) is 0 Å². The number of aliphatic hydroxyl groups is 2. The highest BCUT2D eigenvalue weighted by molar-refractivity contribution is 6.05. The SMILES string of the molecule is N#CC(C(=O)OCC(=O)C(O)CO)=C(c1ccccc1)c1ccccc1. The van der Waals surface area contributed by atoms with Crippen molar-refractivity contribution in [2.24, 2.45) is 0 Å². The first kappa shape index (κ1) is 19.1. The van der Waals surface area contributed by atoms with Crippen LogP contribution in [0.3, 0.4) is 0 Å². The highest BCUT2D eigenvalue weighted by atomic mass is 16.5. The molecule has 0 bridgehead atoms. The van der Waals surface area contributed by atoms with E-state index in [4.69, 9.17) is 9.84 Å². The van der Waals surface area contributed by atoms with Crippen molar-refractivity contribution in [3.8, 4) is 6.07 Å². The molecule has 0 aliphatic carbocycles. The van der Waals surface area contributed by atoms with Gasteiger partial charge in [-0.3, -0.25) is 4.79 Å². The van der Waals surface area contributed by atoms with Crippen LogP contribution in [0, 0.1) is 11.3 Å². The van der Waals surface area contributed by atoms with Crippen molar-refractivity contribution in [2.45, 2.75) is 6.10 Å². The van der Waals surface area contributed by atoms with Gasteiger partial charge in [0.15, 0.2) is 6.61 Å².